The number of nitrogens with zero attached hydrogens (tertiary/aromatic N) is 1. The highest BCUT2D eigenvalue weighted by Gasteiger charge is 2.30. The van der Waals surface area contributed by atoms with E-state index in [1.54, 1.807) is 0 Å². The van der Waals surface area contributed by atoms with Crippen molar-refractivity contribution in [3.63, 3.8) is 0 Å². The van der Waals surface area contributed by atoms with E-state index in [4.69, 9.17) is 14.2 Å². The van der Waals surface area contributed by atoms with Gasteiger partial charge in [-0.15, -0.1) is 0 Å². The van der Waals surface area contributed by atoms with E-state index < -0.39 is 0 Å². The molecule has 2 aliphatic rings. The highest BCUT2D eigenvalue weighted by Crippen LogP contribution is 2.25. The van der Waals surface area contributed by atoms with Crippen LogP contribution in [0.1, 0.15) is 32.6 Å². The van der Waals surface area contributed by atoms with Crippen LogP contribution >= 0.6 is 11.8 Å². The number of rotatable bonds is 9. The van der Waals surface area contributed by atoms with Crippen LogP contribution in [0, 0.1) is 0 Å². The van der Waals surface area contributed by atoms with E-state index in [-0.39, 0.29) is 18.6 Å². The molecule has 0 aliphatic carbocycles. The van der Waals surface area contributed by atoms with Gasteiger partial charge < -0.3 is 19.1 Å². The third kappa shape index (κ3) is 5.55. The van der Waals surface area contributed by atoms with Gasteiger partial charge in [0.1, 0.15) is 11.5 Å². The fraction of sp³-hybridized carbons (Fsp3) is 0.650. The third-order valence-corrected chi connectivity index (χ3v) is 5.89. The van der Waals surface area contributed by atoms with Crippen molar-refractivity contribution in [1.29, 1.82) is 0 Å². The van der Waals surface area contributed by atoms with E-state index in [1.165, 1.54) is 0 Å². The molecule has 5 nitrogen and oxygen atoms in total. The van der Waals surface area contributed by atoms with Crippen LogP contribution in [0.15, 0.2) is 24.3 Å². The van der Waals surface area contributed by atoms with E-state index in [9.17, 15) is 4.79 Å². The first-order valence-electron chi connectivity index (χ1n) is 9.60. The summed E-state index contributed by atoms with van der Waals surface area (Å²) in [6.45, 7) is 4.36. The maximum Gasteiger partial charge on any atom is 0.260 e. The first kappa shape index (κ1) is 19.4. The summed E-state index contributed by atoms with van der Waals surface area (Å²) in [7, 11) is 0. The molecule has 1 aromatic rings. The van der Waals surface area contributed by atoms with Gasteiger partial charge in [0, 0.05) is 24.9 Å². The van der Waals surface area contributed by atoms with E-state index in [0.29, 0.717) is 24.9 Å². The first-order valence-corrected chi connectivity index (χ1v) is 10.8. The number of hydrogen-bond donors (Lipinski definition) is 0. The fourth-order valence-electron chi connectivity index (χ4n) is 3.31. The number of amides is 1. The van der Waals surface area contributed by atoms with Crippen LogP contribution in [0.4, 0.5) is 0 Å². The zero-order chi connectivity index (χ0) is 18.2. The third-order valence-electron chi connectivity index (χ3n) is 4.75. The monoisotopic (exact) mass is 379 g/mol. The van der Waals surface area contributed by atoms with Gasteiger partial charge in [0.05, 0.1) is 12.7 Å². The van der Waals surface area contributed by atoms with Crippen LogP contribution in [0.3, 0.4) is 0 Å². The fourth-order valence-corrected chi connectivity index (χ4v) is 4.53. The molecule has 1 aromatic carbocycles. The molecule has 3 rings (SSSR count). The van der Waals surface area contributed by atoms with Crippen molar-refractivity contribution in [2.24, 2.45) is 0 Å². The topological polar surface area (TPSA) is 48.0 Å². The summed E-state index contributed by atoms with van der Waals surface area (Å²) in [5.41, 5.74) is 0. The minimum atomic E-state index is 0.0549. The lowest BCUT2D eigenvalue weighted by Gasteiger charge is -2.30. The normalized spacial score (nSPS) is 22.3. The van der Waals surface area contributed by atoms with E-state index in [1.807, 2.05) is 40.9 Å². The molecular weight excluding hydrogens is 350 g/mol. The lowest BCUT2D eigenvalue weighted by Crippen LogP contribution is -2.46. The van der Waals surface area contributed by atoms with Gasteiger partial charge >= 0.3 is 0 Å². The summed E-state index contributed by atoms with van der Waals surface area (Å²) in [6, 6.07) is 7.79. The molecular formula is C20H29NO4S. The minimum Gasteiger partial charge on any atom is -0.494 e. The van der Waals surface area contributed by atoms with Crippen molar-refractivity contribution in [2.45, 2.75) is 44.8 Å². The number of thioether (sulfide) groups is 1. The predicted molar refractivity (Wildman–Crippen MR) is 104 cm³/mol. The minimum absolute atomic E-state index is 0.0549. The van der Waals surface area contributed by atoms with Crippen molar-refractivity contribution in [2.75, 3.05) is 37.9 Å². The standard InChI is InChI=1S/C20H29NO4S/c1-2-10-23-17-5-7-18(8-6-17)25-14-20(22)21(16-9-12-26-15-16)13-19-4-3-11-24-19/h5-8,16,19H,2-4,9-15H2,1H3. The SMILES string of the molecule is CCCOc1ccc(OCC(=O)N(CC2CCCO2)C2CCSC2)cc1. The van der Waals surface area contributed by atoms with Crippen molar-refractivity contribution >= 4 is 17.7 Å². The molecule has 144 valence electrons. The van der Waals surface area contributed by atoms with Gasteiger partial charge in [-0.2, -0.15) is 11.8 Å². The molecule has 0 N–H and O–H groups in total. The predicted octanol–water partition coefficient (Wildman–Crippen LogP) is 3.37. The molecule has 2 unspecified atom stereocenters. The Labute approximate surface area is 160 Å². The Kier molecular flexibility index (Phi) is 7.50. The van der Waals surface area contributed by atoms with Crippen molar-refractivity contribution in [3.8, 4) is 11.5 Å². The Balaban J connectivity index is 1.53. The maximum absolute atomic E-state index is 12.8. The van der Waals surface area contributed by atoms with Crippen molar-refractivity contribution in [1.82, 2.24) is 4.90 Å². The largest absolute Gasteiger partial charge is 0.494 e. The highest BCUT2D eigenvalue weighted by molar-refractivity contribution is 7.99. The second kappa shape index (κ2) is 10.1. The second-order valence-electron chi connectivity index (χ2n) is 6.81. The number of carbonyl (C=O) groups excluding carboxylic acids is 1. The second-order valence-corrected chi connectivity index (χ2v) is 7.96. The Morgan fingerprint density at radius 3 is 2.62 bits per heavy atom. The smallest absolute Gasteiger partial charge is 0.260 e. The van der Waals surface area contributed by atoms with Crippen LogP contribution in [0.25, 0.3) is 0 Å². The summed E-state index contributed by atoms with van der Waals surface area (Å²) in [6.07, 6.45) is 4.36. The zero-order valence-corrected chi connectivity index (χ0v) is 16.3. The van der Waals surface area contributed by atoms with Crippen LogP contribution in [0.5, 0.6) is 11.5 Å². The molecule has 6 heteroatoms. The Morgan fingerprint density at radius 2 is 2.00 bits per heavy atom. The van der Waals surface area contributed by atoms with Gasteiger partial charge in [0.15, 0.2) is 6.61 Å². The summed E-state index contributed by atoms with van der Waals surface area (Å²) in [5, 5.41) is 0. The van der Waals surface area contributed by atoms with Crippen LogP contribution < -0.4 is 9.47 Å². The van der Waals surface area contributed by atoms with E-state index in [2.05, 4.69) is 6.92 Å². The molecule has 0 spiro atoms. The molecule has 0 saturated carbocycles. The van der Waals surface area contributed by atoms with E-state index >= 15 is 0 Å². The quantitative estimate of drug-likeness (QED) is 0.658. The van der Waals surface area contributed by atoms with Gasteiger partial charge in [-0.1, -0.05) is 6.92 Å². The molecule has 2 atom stereocenters. The number of ether oxygens (including phenoxy) is 3. The lowest BCUT2D eigenvalue weighted by atomic mass is 10.1. The molecule has 2 fully saturated rings. The maximum atomic E-state index is 12.8. The summed E-state index contributed by atoms with van der Waals surface area (Å²) in [4.78, 5) is 14.8. The van der Waals surface area contributed by atoms with E-state index in [0.717, 1.165) is 49.5 Å². The molecule has 2 heterocycles. The first-order chi connectivity index (χ1) is 12.8. The van der Waals surface area contributed by atoms with Gasteiger partial charge in [-0.25, -0.2) is 0 Å². The summed E-state index contributed by atoms with van der Waals surface area (Å²) in [5.74, 6) is 3.72. The van der Waals surface area contributed by atoms with Gasteiger partial charge in [0.25, 0.3) is 5.91 Å². The Morgan fingerprint density at radius 1 is 1.23 bits per heavy atom. The average Bonchev–Trinajstić information content (AvgIpc) is 3.37. The molecule has 2 aliphatic heterocycles. The van der Waals surface area contributed by atoms with Crippen LogP contribution in [0.2, 0.25) is 0 Å². The average molecular weight is 380 g/mol. The lowest BCUT2D eigenvalue weighted by molar-refractivity contribution is -0.137. The van der Waals surface area contributed by atoms with Gasteiger partial charge in [-0.05, 0) is 55.7 Å². The number of carbonyl (C=O) groups is 1. The van der Waals surface area contributed by atoms with Crippen molar-refractivity contribution in [3.05, 3.63) is 24.3 Å². The molecule has 0 aromatic heterocycles. The van der Waals surface area contributed by atoms with Crippen LogP contribution in [-0.2, 0) is 9.53 Å². The molecule has 0 radical (unpaired) electrons. The molecule has 26 heavy (non-hydrogen) atoms. The summed E-state index contributed by atoms with van der Waals surface area (Å²) < 4.78 is 17.1. The summed E-state index contributed by atoms with van der Waals surface area (Å²) >= 11 is 1.92. The number of hydrogen-bond acceptors (Lipinski definition) is 5. The van der Waals surface area contributed by atoms with Crippen molar-refractivity contribution < 1.29 is 19.0 Å². The Bertz CT molecular complexity index is 553. The molecule has 2 saturated heterocycles. The van der Waals surface area contributed by atoms with Gasteiger partial charge in [0.2, 0.25) is 0 Å². The van der Waals surface area contributed by atoms with Gasteiger partial charge in [-0.3, -0.25) is 4.79 Å². The van der Waals surface area contributed by atoms with Crippen LogP contribution in [-0.4, -0.2) is 60.8 Å². The molecule has 0 bridgehead atoms. The highest BCUT2D eigenvalue weighted by atomic mass is 32.2. The molecule has 1 amide bonds. The zero-order valence-electron chi connectivity index (χ0n) is 15.5. The number of benzene rings is 1. The Hall–Kier alpha value is -1.40.